The number of hydrogen-bond donors (Lipinski definition) is 3. The van der Waals surface area contributed by atoms with Crippen LogP contribution < -0.4 is 0 Å². The second-order valence-electron chi connectivity index (χ2n) is 6.80. The van der Waals surface area contributed by atoms with E-state index in [9.17, 15) is 18.5 Å². The zero-order valence-corrected chi connectivity index (χ0v) is 18.3. The van der Waals surface area contributed by atoms with E-state index in [4.69, 9.17) is 19.6 Å². The van der Waals surface area contributed by atoms with Gasteiger partial charge in [-0.2, -0.15) is 4.39 Å². The van der Waals surface area contributed by atoms with Crippen molar-refractivity contribution in [1.82, 2.24) is 4.90 Å². The molecule has 0 spiro atoms. The number of allylic oxidation sites excluding steroid dienone is 1. The highest BCUT2D eigenvalue weighted by Gasteiger charge is 2.38. The molecule has 1 heterocycles. The summed E-state index contributed by atoms with van der Waals surface area (Å²) in [4.78, 5) is 40.1. The van der Waals surface area contributed by atoms with Gasteiger partial charge in [0.2, 0.25) is 0 Å². The number of halogens is 1. The fraction of sp³-hybridized carbons (Fsp3) is 0.556. The molecular weight excluding hydrogens is 424 g/mol. The maximum atomic E-state index is 13.4. The Morgan fingerprint density at radius 2 is 1.90 bits per heavy atom. The third-order valence-corrected chi connectivity index (χ3v) is 6.31. The molecule has 0 aliphatic heterocycles. The van der Waals surface area contributed by atoms with Crippen LogP contribution in [0, 0.1) is 5.13 Å². The first kappa shape index (κ1) is 25.5. The van der Waals surface area contributed by atoms with E-state index in [1.807, 2.05) is 20.2 Å². The van der Waals surface area contributed by atoms with Crippen molar-refractivity contribution in [2.75, 3.05) is 26.9 Å². The lowest BCUT2D eigenvalue weighted by molar-refractivity contribution is -0.137. The molecule has 1 aliphatic carbocycles. The molecule has 1 aromatic heterocycles. The van der Waals surface area contributed by atoms with Crippen LogP contribution in [0.4, 0.5) is 4.39 Å². The van der Waals surface area contributed by atoms with Crippen molar-refractivity contribution in [1.29, 1.82) is 0 Å². The summed E-state index contributed by atoms with van der Waals surface area (Å²) >= 11 is 1.23. The monoisotopic (exact) mass is 451 g/mol. The molecule has 0 bridgehead atoms. The Morgan fingerprint density at radius 1 is 1.31 bits per heavy atom. The topological polar surface area (TPSA) is 124 Å². The number of thiophene rings is 1. The average Bonchev–Trinajstić information content (AvgIpc) is 3.01. The van der Waals surface area contributed by atoms with Gasteiger partial charge in [0.05, 0.1) is 12.1 Å². The van der Waals surface area contributed by atoms with E-state index in [0.29, 0.717) is 6.61 Å². The maximum absolute atomic E-state index is 13.4. The predicted molar refractivity (Wildman–Crippen MR) is 107 cm³/mol. The molecule has 1 aliphatic rings. The molecule has 0 amide bonds. The van der Waals surface area contributed by atoms with E-state index < -0.39 is 19.7 Å². The van der Waals surface area contributed by atoms with Crippen molar-refractivity contribution < 1.29 is 38.2 Å². The first-order valence-corrected chi connectivity index (χ1v) is 11.6. The number of hydrogen-bond acceptors (Lipinski definition) is 6. The summed E-state index contributed by atoms with van der Waals surface area (Å²) in [5.74, 6) is -1.75. The minimum Gasteiger partial charge on any atom is -0.481 e. The second-order valence-corrected chi connectivity index (χ2v) is 9.48. The lowest BCUT2D eigenvalue weighted by Gasteiger charge is -2.43. The first-order valence-electron chi connectivity index (χ1n) is 8.95. The Kier molecular flexibility index (Phi) is 9.64. The van der Waals surface area contributed by atoms with Crippen LogP contribution in [0.5, 0.6) is 0 Å². The van der Waals surface area contributed by atoms with Crippen molar-refractivity contribution in [2.45, 2.75) is 38.1 Å². The maximum Gasteiger partial charge on any atom is 0.336 e. The SMILES string of the molecule is CCOC(=O)C=C1CCC(c2ccc(F)s2)(N(C)C)CC1.O=C(O)CP(=O)(O)O. The largest absolute Gasteiger partial charge is 0.481 e. The Morgan fingerprint density at radius 3 is 2.24 bits per heavy atom. The summed E-state index contributed by atoms with van der Waals surface area (Å²) in [6.45, 7) is 2.21. The smallest absolute Gasteiger partial charge is 0.336 e. The van der Waals surface area contributed by atoms with Crippen molar-refractivity contribution in [2.24, 2.45) is 0 Å². The molecule has 0 atom stereocenters. The van der Waals surface area contributed by atoms with Gasteiger partial charge < -0.3 is 19.6 Å². The lowest BCUT2D eigenvalue weighted by atomic mass is 9.77. The van der Waals surface area contributed by atoms with Crippen LogP contribution in [0.1, 0.15) is 37.5 Å². The van der Waals surface area contributed by atoms with E-state index in [-0.39, 0.29) is 16.6 Å². The van der Waals surface area contributed by atoms with E-state index in [2.05, 4.69) is 4.90 Å². The summed E-state index contributed by atoms with van der Waals surface area (Å²) in [6.07, 6.45) is 4.01. The molecule has 1 saturated carbocycles. The molecule has 0 radical (unpaired) electrons. The van der Waals surface area contributed by atoms with Crippen LogP contribution >= 0.6 is 18.9 Å². The summed E-state index contributed by atoms with van der Waals surface area (Å²) in [7, 11) is -0.243. The minimum atomic E-state index is -4.32. The molecule has 11 heteroatoms. The Balaban J connectivity index is 0.000000447. The number of rotatable bonds is 6. The summed E-state index contributed by atoms with van der Waals surface area (Å²) < 4.78 is 28.1. The molecule has 0 aromatic carbocycles. The van der Waals surface area contributed by atoms with Crippen molar-refractivity contribution in [3.05, 3.63) is 33.8 Å². The van der Waals surface area contributed by atoms with Crippen LogP contribution in [0.3, 0.4) is 0 Å². The fourth-order valence-electron chi connectivity index (χ4n) is 3.13. The molecule has 164 valence electrons. The number of carboxylic acids is 1. The van der Waals surface area contributed by atoms with Gasteiger partial charge in [0.25, 0.3) is 0 Å². The van der Waals surface area contributed by atoms with Crippen LogP contribution in [-0.4, -0.2) is 58.6 Å². The van der Waals surface area contributed by atoms with Gasteiger partial charge in [-0.1, -0.05) is 5.57 Å². The highest BCUT2D eigenvalue weighted by Crippen LogP contribution is 2.45. The molecule has 2 rings (SSSR count). The summed E-state index contributed by atoms with van der Waals surface area (Å²) in [5.41, 5.74) is 1.00. The number of carbonyl (C=O) groups is 2. The summed E-state index contributed by atoms with van der Waals surface area (Å²) in [6, 6.07) is 3.43. The minimum absolute atomic E-state index is 0.124. The van der Waals surface area contributed by atoms with Gasteiger partial charge in [-0.05, 0) is 58.8 Å². The fourth-order valence-corrected chi connectivity index (χ4v) is 4.55. The predicted octanol–water partition coefficient (Wildman–Crippen LogP) is 2.96. The van der Waals surface area contributed by atoms with Crippen LogP contribution in [0.2, 0.25) is 0 Å². The van der Waals surface area contributed by atoms with Gasteiger partial charge in [-0.3, -0.25) is 14.3 Å². The van der Waals surface area contributed by atoms with E-state index in [1.54, 1.807) is 13.0 Å². The normalized spacial score (nSPS) is 19.3. The molecule has 1 aromatic rings. The molecule has 1 fully saturated rings. The highest BCUT2D eigenvalue weighted by atomic mass is 32.1. The standard InChI is InChI=1S/C16H22FNO2S.C2H5O5P/c1-4-20-15(19)11-12-7-9-16(10-8-12,18(2)3)13-5-6-14(17)21-13;3-2(4)1-8(5,6)7/h5-6,11H,4,7-10H2,1-3H3;1H2,(H,3,4)(H2,5,6,7). The zero-order valence-electron chi connectivity index (χ0n) is 16.6. The quantitative estimate of drug-likeness (QED) is 0.343. The lowest BCUT2D eigenvalue weighted by Crippen LogP contribution is -2.42. The van der Waals surface area contributed by atoms with E-state index in [0.717, 1.165) is 36.1 Å². The van der Waals surface area contributed by atoms with Gasteiger partial charge in [0, 0.05) is 11.0 Å². The van der Waals surface area contributed by atoms with Crippen LogP contribution in [-0.2, 0) is 24.4 Å². The van der Waals surface area contributed by atoms with Crippen molar-refractivity contribution >= 4 is 30.9 Å². The van der Waals surface area contributed by atoms with Crippen LogP contribution in [0.15, 0.2) is 23.8 Å². The van der Waals surface area contributed by atoms with Crippen molar-refractivity contribution in [3.63, 3.8) is 0 Å². The van der Waals surface area contributed by atoms with Gasteiger partial charge in [0.15, 0.2) is 5.13 Å². The van der Waals surface area contributed by atoms with Crippen molar-refractivity contribution in [3.8, 4) is 0 Å². The first-order chi connectivity index (χ1) is 13.4. The Labute approximate surface area is 173 Å². The highest BCUT2D eigenvalue weighted by molar-refractivity contribution is 7.52. The number of aliphatic carboxylic acids is 1. The van der Waals surface area contributed by atoms with Gasteiger partial charge in [0.1, 0.15) is 6.16 Å². The van der Waals surface area contributed by atoms with Gasteiger partial charge in [-0.25, -0.2) is 4.79 Å². The van der Waals surface area contributed by atoms with Crippen LogP contribution in [0.25, 0.3) is 0 Å². The third-order valence-electron chi connectivity index (χ3n) is 4.56. The number of esters is 1. The number of carboxylic acid groups (broad SMARTS) is 1. The number of nitrogens with zero attached hydrogens (tertiary/aromatic N) is 1. The van der Waals surface area contributed by atoms with Gasteiger partial charge in [-0.15, -0.1) is 11.3 Å². The molecule has 0 saturated heterocycles. The molecular formula is C18H27FNO7PS. The van der Waals surface area contributed by atoms with E-state index in [1.165, 1.54) is 17.4 Å². The van der Waals surface area contributed by atoms with Gasteiger partial charge >= 0.3 is 19.5 Å². The average molecular weight is 451 g/mol. The summed E-state index contributed by atoms with van der Waals surface area (Å²) in [5, 5.41) is 7.62. The second kappa shape index (κ2) is 11.0. The van der Waals surface area contributed by atoms with E-state index >= 15 is 0 Å². The molecule has 8 nitrogen and oxygen atoms in total. The Hall–Kier alpha value is -1.58. The number of ether oxygens (including phenoxy) is 1. The third kappa shape index (κ3) is 8.36. The zero-order chi connectivity index (χ0) is 22.2. The molecule has 29 heavy (non-hydrogen) atoms. The number of carbonyl (C=O) groups excluding carboxylic acids is 1. The molecule has 3 N–H and O–H groups in total. The Bertz CT molecular complexity index is 777. The molecule has 0 unspecified atom stereocenters.